The number of aromatic nitrogens is 1. The Hall–Kier alpha value is -2.85. The van der Waals surface area contributed by atoms with Crippen LogP contribution in [0.1, 0.15) is 22.5 Å². The number of rotatable bonds is 2. The van der Waals surface area contributed by atoms with Crippen LogP contribution in [-0.2, 0) is 4.79 Å². The molecule has 2 aliphatic rings. The summed E-state index contributed by atoms with van der Waals surface area (Å²) < 4.78 is 5.33. The maximum Gasteiger partial charge on any atom is 0.293 e. The Morgan fingerprint density at radius 1 is 1.42 bits per heavy atom. The number of pyridine rings is 1. The zero-order valence-electron chi connectivity index (χ0n) is 12.9. The fourth-order valence-electron chi connectivity index (χ4n) is 3.47. The van der Waals surface area contributed by atoms with Crippen LogP contribution in [0.5, 0.6) is 0 Å². The lowest BCUT2D eigenvalue weighted by atomic mass is 10.00. The van der Waals surface area contributed by atoms with Crippen molar-refractivity contribution in [2.45, 2.75) is 12.5 Å². The molecule has 2 fully saturated rings. The maximum absolute atomic E-state index is 12.5. The van der Waals surface area contributed by atoms with Gasteiger partial charge in [-0.2, -0.15) is 0 Å². The number of carbonyl (C=O) groups is 2. The van der Waals surface area contributed by atoms with Crippen LogP contribution in [0.2, 0.25) is 0 Å². The number of nitrogens with one attached hydrogen (secondary N) is 1. The van der Waals surface area contributed by atoms with Gasteiger partial charge in [0.1, 0.15) is 12.0 Å². The minimum absolute atomic E-state index is 0.183. The summed E-state index contributed by atoms with van der Waals surface area (Å²) in [5, 5.41) is 3.71. The molecule has 4 rings (SSSR count). The smallest absolute Gasteiger partial charge is 0.293 e. The molecule has 122 valence electrons. The van der Waals surface area contributed by atoms with E-state index in [0.29, 0.717) is 28.1 Å². The van der Waals surface area contributed by atoms with Crippen molar-refractivity contribution in [2.24, 2.45) is 11.7 Å². The molecule has 2 aliphatic heterocycles. The van der Waals surface area contributed by atoms with Gasteiger partial charge < -0.3 is 20.4 Å². The fourth-order valence-corrected chi connectivity index (χ4v) is 3.47. The molecule has 0 spiro atoms. The molecule has 7 nitrogen and oxygen atoms in total. The van der Waals surface area contributed by atoms with Crippen LogP contribution in [0.4, 0.5) is 0 Å². The van der Waals surface area contributed by atoms with Crippen molar-refractivity contribution in [2.75, 3.05) is 19.6 Å². The summed E-state index contributed by atoms with van der Waals surface area (Å²) >= 11 is 0. The highest BCUT2D eigenvalue weighted by atomic mass is 16.3. The average molecular weight is 324 g/mol. The van der Waals surface area contributed by atoms with Gasteiger partial charge in [0.05, 0.1) is 11.8 Å². The Bertz CT molecular complexity index is 892. The summed E-state index contributed by atoms with van der Waals surface area (Å²) in [6.07, 6.45) is 4.04. The van der Waals surface area contributed by atoms with Gasteiger partial charge in [0.25, 0.3) is 11.8 Å². The van der Waals surface area contributed by atoms with Crippen LogP contribution in [0.25, 0.3) is 11.0 Å². The normalized spacial score (nSPS) is 24.6. The Kier molecular flexibility index (Phi) is 3.47. The molecular formula is C17H16N4O3. The van der Waals surface area contributed by atoms with E-state index in [1.54, 1.807) is 6.07 Å². The van der Waals surface area contributed by atoms with Gasteiger partial charge in [-0.25, -0.2) is 4.98 Å². The van der Waals surface area contributed by atoms with E-state index in [1.807, 2.05) is 0 Å². The van der Waals surface area contributed by atoms with E-state index in [1.165, 1.54) is 12.5 Å². The van der Waals surface area contributed by atoms with Crippen LogP contribution >= 0.6 is 0 Å². The molecule has 0 aliphatic carbocycles. The fraction of sp³-hybridized carbons (Fsp3) is 0.353. The van der Waals surface area contributed by atoms with Gasteiger partial charge in [0, 0.05) is 30.4 Å². The Morgan fingerprint density at radius 2 is 2.29 bits per heavy atom. The number of furan rings is 1. The Labute approximate surface area is 138 Å². The summed E-state index contributed by atoms with van der Waals surface area (Å²) in [6.45, 7) is 3.09. The van der Waals surface area contributed by atoms with Gasteiger partial charge in [-0.15, -0.1) is 0 Å². The van der Waals surface area contributed by atoms with E-state index >= 15 is 0 Å². The topological polar surface area (TPSA) is 101 Å². The molecule has 2 aromatic rings. The second kappa shape index (κ2) is 5.65. The van der Waals surface area contributed by atoms with Crippen molar-refractivity contribution in [3.8, 4) is 11.8 Å². The van der Waals surface area contributed by atoms with Crippen molar-refractivity contribution < 1.29 is 14.0 Å². The van der Waals surface area contributed by atoms with E-state index in [2.05, 4.69) is 27.0 Å². The first-order valence-corrected chi connectivity index (χ1v) is 7.82. The van der Waals surface area contributed by atoms with E-state index in [9.17, 15) is 9.59 Å². The molecule has 3 atom stereocenters. The number of fused-ring (bicyclic) bond motifs is 3. The largest absolute Gasteiger partial charge is 0.461 e. The van der Waals surface area contributed by atoms with Gasteiger partial charge in [0.15, 0.2) is 5.58 Å². The van der Waals surface area contributed by atoms with Crippen molar-refractivity contribution in [1.82, 2.24) is 15.2 Å². The zero-order valence-corrected chi connectivity index (χ0v) is 12.9. The molecule has 0 saturated carbocycles. The monoisotopic (exact) mass is 324 g/mol. The third-order valence-electron chi connectivity index (χ3n) is 4.66. The molecule has 0 radical (unpaired) electrons. The van der Waals surface area contributed by atoms with Gasteiger partial charge in [-0.1, -0.05) is 5.92 Å². The predicted octanol–water partition coefficient (Wildman–Crippen LogP) is 0.0985. The van der Waals surface area contributed by atoms with Crippen molar-refractivity contribution in [3.63, 3.8) is 0 Å². The first-order chi connectivity index (χ1) is 11.6. The van der Waals surface area contributed by atoms with Crippen LogP contribution in [0.3, 0.4) is 0 Å². The highest BCUT2D eigenvalue weighted by molar-refractivity contribution is 5.98. The molecule has 2 aromatic heterocycles. The van der Waals surface area contributed by atoms with Crippen LogP contribution in [0, 0.1) is 17.8 Å². The van der Waals surface area contributed by atoms with Gasteiger partial charge in [-0.05, 0) is 24.9 Å². The highest BCUT2D eigenvalue weighted by Crippen LogP contribution is 2.28. The molecule has 4 heterocycles. The predicted molar refractivity (Wildman–Crippen MR) is 85.9 cm³/mol. The third-order valence-corrected chi connectivity index (χ3v) is 4.66. The molecular weight excluding hydrogens is 308 g/mol. The summed E-state index contributed by atoms with van der Waals surface area (Å²) in [5.41, 5.74) is 6.35. The second-order valence-corrected chi connectivity index (χ2v) is 6.22. The maximum atomic E-state index is 12.5. The number of primary amides is 1. The highest BCUT2D eigenvalue weighted by Gasteiger charge is 2.38. The number of nitrogens with zero attached hydrogens (tertiary/aromatic N) is 2. The van der Waals surface area contributed by atoms with Crippen LogP contribution < -0.4 is 11.1 Å². The van der Waals surface area contributed by atoms with E-state index in [-0.39, 0.29) is 11.9 Å². The van der Waals surface area contributed by atoms with Crippen LogP contribution in [-0.4, -0.2) is 47.4 Å². The minimum Gasteiger partial charge on any atom is -0.461 e. The number of amides is 2. The Balaban J connectivity index is 1.58. The first kappa shape index (κ1) is 14.7. The van der Waals surface area contributed by atoms with E-state index < -0.39 is 5.91 Å². The molecule has 0 aromatic carbocycles. The van der Waals surface area contributed by atoms with Crippen LogP contribution in [0.15, 0.2) is 22.9 Å². The number of nitrogens with two attached hydrogens (primary N) is 1. The standard InChI is InChI=1S/C17H16N4O3/c18-16(22)2-1-11-9-24-15-6-19-13(5-12(11)15)17(23)20-14-8-21-4-3-10(14)7-21/h5-6,9-10,14H,3-4,7-8H2,(H2,18,22)(H,20,23). The molecule has 7 heteroatoms. The number of hydrogen-bond acceptors (Lipinski definition) is 5. The SMILES string of the molecule is NC(=O)C#Cc1coc2cnc(C(=O)NC3CN4CCC3C4)cc12. The number of hydrogen-bond donors (Lipinski definition) is 2. The lowest BCUT2D eigenvalue weighted by molar-refractivity contribution is -0.112. The summed E-state index contributed by atoms with van der Waals surface area (Å²) in [5.74, 6) is 4.52. The van der Waals surface area contributed by atoms with E-state index in [4.69, 9.17) is 10.2 Å². The molecule has 2 amide bonds. The number of carbonyl (C=O) groups excluding carboxylic acids is 2. The first-order valence-electron chi connectivity index (χ1n) is 7.82. The van der Waals surface area contributed by atoms with Crippen molar-refractivity contribution in [1.29, 1.82) is 0 Å². The van der Waals surface area contributed by atoms with Crippen molar-refractivity contribution in [3.05, 3.63) is 29.8 Å². The lowest BCUT2D eigenvalue weighted by Crippen LogP contribution is -2.43. The second-order valence-electron chi connectivity index (χ2n) is 6.22. The summed E-state index contributed by atoms with van der Waals surface area (Å²) in [4.78, 5) is 29.8. The molecule has 3 N–H and O–H groups in total. The lowest BCUT2D eigenvalue weighted by Gasteiger charge is -2.22. The molecule has 2 saturated heterocycles. The zero-order chi connectivity index (χ0) is 16.7. The number of piperidine rings is 1. The van der Waals surface area contributed by atoms with Gasteiger partial charge in [-0.3, -0.25) is 9.59 Å². The van der Waals surface area contributed by atoms with Gasteiger partial charge >= 0.3 is 0 Å². The average Bonchev–Trinajstić information content (AvgIpc) is 3.27. The molecule has 3 unspecified atom stereocenters. The van der Waals surface area contributed by atoms with Crippen molar-refractivity contribution >= 4 is 22.8 Å². The molecule has 24 heavy (non-hydrogen) atoms. The summed E-state index contributed by atoms with van der Waals surface area (Å²) in [7, 11) is 0. The Morgan fingerprint density at radius 3 is 3.00 bits per heavy atom. The quantitative estimate of drug-likeness (QED) is 0.763. The molecule has 2 bridgehead atoms. The van der Waals surface area contributed by atoms with E-state index in [0.717, 1.165) is 26.1 Å². The summed E-state index contributed by atoms with van der Waals surface area (Å²) in [6, 6.07) is 1.81. The minimum atomic E-state index is -0.720. The van der Waals surface area contributed by atoms with Gasteiger partial charge in [0.2, 0.25) is 0 Å². The third kappa shape index (κ3) is 2.61.